The molecule has 0 amide bonds. The van der Waals surface area contributed by atoms with Crippen molar-refractivity contribution in [2.45, 2.75) is 19.3 Å². The number of halogens is 2. The number of hydrogen-bond donors (Lipinski definition) is 4. The molecule has 27 heavy (non-hydrogen) atoms. The summed E-state index contributed by atoms with van der Waals surface area (Å²) in [5.74, 6) is -1.96. The van der Waals surface area contributed by atoms with Gasteiger partial charge in [-0.25, -0.2) is 18.8 Å². The van der Waals surface area contributed by atoms with Crippen molar-refractivity contribution < 1.29 is 8.78 Å². The summed E-state index contributed by atoms with van der Waals surface area (Å²) in [5.41, 5.74) is 14.1. The van der Waals surface area contributed by atoms with Crippen LogP contribution in [0.1, 0.15) is 30.7 Å². The number of aromatic nitrogens is 1. The Morgan fingerprint density at radius 3 is 2.63 bits per heavy atom. The van der Waals surface area contributed by atoms with Gasteiger partial charge < -0.3 is 16.5 Å². The number of aliphatic imine (C=N–C) groups is 1. The molecule has 1 atom stereocenters. The van der Waals surface area contributed by atoms with Gasteiger partial charge in [-0.15, -0.1) is 0 Å². The predicted octanol–water partition coefficient (Wildman–Crippen LogP) is 3.02. The zero-order valence-electron chi connectivity index (χ0n) is 14.8. The normalized spacial score (nSPS) is 13.3. The summed E-state index contributed by atoms with van der Waals surface area (Å²) in [7, 11) is 0. The average molecular weight is 373 g/mol. The first-order chi connectivity index (χ1) is 12.9. The first-order valence-electron chi connectivity index (χ1n) is 8.10. The monoisotopic (exact) mass is 373 g/mol. The Kier molecular flexibility index (Phi) is 6.42. The number of benzene rings is 1. The third-order valence-corrected chi connectivity index (χ3v) is 3.97. The fourth-order valence-corrected chi connectivity index (χ4v) is 2.59. The number of nitrogens with zero attached hydrogens (tertiary/aromatic N) is 3. The lowest BCUT2D eigenvalue weighted by atomic mass is 9.99. The first-order valence-corrected chi connectivity index (χ1v) is 8.10. The Hall–Kier alpha value is -3.49. The molecule has 1 unspecified atom stereocenters. The minimum atomic E-state index is -0.991. The highest BCUT2D eigenvalue weighted by molar-refractivity contribution is 5.99. The Bertz CT molecular complexity index is 886. The molecule has 7 nitrogen and oxygen atoms in total. The molecule has 1 heterocycles. The number of anilines is 1. The zero-order valence-corrected chi connectivity index (χ0v) is 14.8. The smallest absolute Gasteiger partial charge is 0.160 e. The van der Waals surface area contributed by atoms with E-state index < -0.39 is 11.6 Å². The van der Waals surface area contributed by atoms with Crippen molar-refractivity contribution in [3.63, 3.8) is 0 Å². The summed E-state index contributed by atoms with van der Waals surface area (Å²) in [6, 6.07) is 6.95. The minimum Gasteiger partial charge on any atom is -0.400 e. The highest BCUT2D eigenvalue weighted by atomic mass is 19.2. The molecule has 9 heteroatoms. The van der Waals surface area contributed by atoms with E-state index in [4.69, 9.17) is 16.9 Å². The number of aromatic amines is 1. The number of allylic oxidation sites excluding steroid dienone is 1. The lowest BCUT2D eigenvalue weighted by Crippen LogP contribution is -2.17. The van der Waals surface area contributed by atoms with E-state index in [1.54, 1.807) is 6.07 Å². The van der Waals surface area contributed by atoms with Crippen molar-refractivity contribution in [1.82, 2.24) is 4.98 Å². The molecule has 142 valence electrons. The molecule has 0 fully saturated rings. The zero-order chi connectivity index (χ0) is 20.0. The summed E-state index contributed by atoms with van der Waals surface area (Å²) in [6.45, 7) is 5.40. The maximum atomic E-state index is 13.5. The van der Waals surface area contributed by atoms with Crippen LogP contribution in [-0.4, -0.2) is 23.9 Å². The third-order valence-electron chi connectivity index (χ3n) is 3.97. The Morgan fingerprint density at radius 1 is 1.30 bits per heavy atom. The van der Waals surface area contributed by atoms with Crippen molar-refractivity contribution in [1.29, 1.82) is 5.41 Å². The van der Waals surface area contributed by atoms with Crippen molar-refractivity contribution in [2.24, 2.45) is 21.6 Å². The van der Waals surface area contributed by atoms with Crippen LogP contribution in [0.25, 0.3) is 0 Å². The highest BCUT2D eigenvalue weighted by Crippen LogP contribution is 2.26. The van der Waals surface area contributed by atoms with Crippen molar-refractivity contribution in [2.75, 3.05) is 5.01 Å². The number of rotatable bonds is 8. The molecule has 0 aliphatic heterocycles. The second kappa shape index (κ2) is 8.75. The van der Waals surface area contributed by atoms with Gasteiger partial charge in [-0.05, 0) is 30.7 Å². The molecular weight excluding hydrogens is 352 g/mol. The quantitative estimate of drug-likeness (QED) is 0.323. The van der Waals surface area contributed by atoms with Crippen molar-refractivity contribution >= 4 is 24.6 Å². The molecule has 0 radical (unpaired) electrons. The number of amidine groups is 1. The van der Waals surface area contributed by atoms with Crippen LogP contribution in [0.3, 0.4) is 0 Å². The van der Waals surface area contributed by atoms with E-state index in [1.165, 1.54) is 17.3 Å². The first kappa shape index (κ1) is 19.8. The van der Waals surface area contributed by atoms with E-state index in [2.05, 4.69) is 21.8 Å². The van der Waals surface area contributed by atoms with Crippen LogP contribution in [-0.2, 0) is 0 Å². The standard InChI is InChI=1S/C18H21F2N7/c1-3-12(16-6-7-17(26-16)18(23)25-10-21)15(22)9-27(24-2)11-4-5-13(19)14(20)8-11/h4-10,12,26H,2-3,22H2,1H3,(H3,21,23,25)/b15-9-. The van der Waals surface area contributed by atoms with Crippen LogP contribution >= 0.6 is 0 Å². The van der Waals surface area contributed by atoms with Crippen LogP contribution in [0, 0.1) is 17.0 Å². The van der Waals surface area contributed by atoms with Gasteiger partial charge in [0.05, 0.1) is 11.4 Å². The van der Waals surface area contributed by atoms with Crippen molar-refractivity contribution in [3.05, 3.63) is 65.3 Å². The number of hydrazone groups is 1. The van der Waals surface area contributed by atoms with E-state index in [-0.39, 0.29) is 17.4 Å². The summed E-state index contributed by atoms with van der Waals surface area (Å²) in [5, 5.41) is 12.1. The fourth-order valence-electron chi connectivity index (χ4n) is 2.59. The summed E-state index contributed by atoms with van der Waals surface area (Å²) in [6.07, 6.45) is 3.02. The van der Waals surface area contributed by atoms with Crippen LogP contribution in [0.2, 0.25) is 0 Å². The molecule has 0 aliphatic rings. The highest BCUT2D eigenvalue weighted by Gasteiger charge is 2.17. The maximum Gasteiger partial charge on any atom is 0.160 e. The Labute approximate surface area is 155 Å². The van der Waals surface area contributed by atoms with Gasteiger partial charge in [-0.2, -0.15) is 5.10 Å². The van der Waals surface area contributed by atoms with Gasteiger partial charge in [-0.3, -0.25) is 5.41 Å². The van der Waals surface area contributed by atoms with Crippen molar-refractivity contribution in [3.8, 4) is 0 Å². The lowest BCUT2D eigenvalue weighted by molar-refractivity contribution is 0.508. The summed E-state index contributed by atoms with van der Waals surface area (Å²) >= 11 is 0. The van der Waals surface area contributed by atoms with E-state index in [0.29, 0.717) is 17.8 Å². The molecule has 0 saturated heterocycles. The van der Waals surface area contributed by atoms with Crippen LogP contribution < -0.4 is 16.5 Å². The largest absolute Gasteiger partial charge is 0.400 e. The molecule has 0 aliphatic carbocycles. The number of nitrogens with one attached hydrogen (secondary N) is 2. The van der Waals surface area contributed by atoms with E-state index in [1.807, 2.05) is 13.0 Å². The van der Waals surface area contributed by atoms with Crippen LogP contribution in [0.15, 0.2) is 52.3 Å². The third kappa shape index (κ3) is 4.57. The lowest BCUT2D eigenvalue weighted by Gasteiger charge is -2.19. The molecule has 6 N–H and O–H groups in total. The molecule has 0 saturated carbocycles. The summed E-state index contributed by atoms with van der Waals surface area (Å²) < 4.78 is 26.6. The van der Waals surface area contributed by atoms with Gasteiger partial charge in [-0.1, -0.05) is 6.92 Å². The second-order valence-electron chi connectivity index (χ2n) is 5.65. The molecule has 0 spiro atoms. The second-order valence-corrected chi connectivity index (χ2v) is 5.65. The Morgan fingerprint density at radius 2 is 2.04 bits per heavy atom. The van der Waals surface area contributed by atoms with Gasteiger partial charge >= 0.3 is 0 Å². The molecule has 0 bridgehead atoms. The van der Waals surface area contributed by atoms with Crippen LogP contribution in [0.5, 0.6) is 0 Å². The van der Waals surface area contributed by atoms with E-state index >= 15 is 0 Å². The number of hydrogen-bond acceptors (Lipinski definition) is 4. The Balaban J connectivity index is 2.32. The fraction of sp³-hybridized carbons (Fsp3) is 0.167. The average Bonchev–Trinajstić information content (AvgIpc) is 3.13. The van der Waals surface area contributed by atoms with Gasteiger partial charge in [0.2, 0.25) is 0 Å². The van der Waals surface area contributed by atoms with Gasteiger partial charge in [0, 0.05) is 36.3 Å². The molecule has 2 aromatic rings. The van der Waals surface area contributed by atoms with Gasteiger partial charge in [0.25, 0.3) is 0 Å². The SMILES string of the molecule is C=NN(/C=C(\N)C(CC)c1ccc(C(N)=NC=N)[nH]1)c1ccc(F)c(F)c1. The minimum absolute atomic E-state index is 0.185. The van der Waals surface area contributed by atoms with Gasteiger partial charge in [0.15, 0.2) is 11.6 Å². The number of H-pyrrole nitrogens is 1. The molecule has 2 rings (SSSR count). The van der Waals surface area contributed by atoms with Gasteiger partial charge in [0.1, 0.15) is 12.2 Å². The topological polar surface area (TPSA) is 120 Å². The molecular formula is C18H21F2N7. The summed E-state index contributed by atoms with van der Waals surface area (Å²) in [4.78, 5) is 6.84. The van der Waals surface area contributed by atoms with Crippen LogP contribution in [0.4, 0.5) is 14.5 Å². The molecule has 1 aromatic heterocycles. The maximum absolute atomic E-state index is 13.5. The predicted molar refractivity (Wildman–Crippen MR) is 104 cm³/mol. The molecule has 1 aromatic carbocycles. The van der Waals surface area contributed by atoms with E-state index in [9.17, 15) is 8.78 Å². The van der Waals surface area contributed by atoms with E-state index in [0.717, 1.165) is 24.2 Å². The number of nitrogens with two attached hydrogens (primary N) is 2.